The van der Waals surface area contributed by atoms with Gasteiger partial charge in [0.15, 0.2) is 0 Å². The lowest BCUT2D eigenvalue weighted by molar-refractivity contribution is -0.131. The van der Waals surface area contributed by atoms with Crippen LogP contribution in [0, 0.1) is 0 Å². The number of carbonyl (C=O) groups is 3. The Kier molecular flexibility index (Phi) is 5.69. The van der Waals surface area contributed by atoms with Crippen LogP contribution in [0.2, 0.25) is 0 Å². The normalized spacial score (nSPS) is 11.6. The molecule has 1 atom stereocenters. The molecule has 0 unspecified atom stereocenters. The van der Waals surface area contributed by atoms with E-state index in [1.54, 1.807) is 18.2 Å². The SMILES string of the molecule is CC(=O)Oc1cccc(C(=O)N[C@H](Cc2cccc3ccccc23)C(N)=O)c1. The minimum Gasteiger partial charge on any atom is -0.427 e. The molecular weight excluding hydrogens is 356 g/mol. The topological polar surface area (TPSA) is 98.5 Å². The first-order valence-corrected chi connectivity index (χ1v) is 8.79. The molecule has 6 nitrogen and oxygen atoms in total. The van der Waals surface area contributed by atoms with E-state index in [9.17, 15) is 14.4 Å². The van der Waals surface area contributed by atoms with Gasteiger partial charge in [-0.1, -0.05) is 48.5 Å². The van der Waals surface area contributed by atoms with Gasteiger partial charge in [-0.2, -0.15) is 0 Å². The summed E-state index contributed by atoms with van der Waals surface area (Å²) in [7, 11) is 0. The monoisotopic (exact) mass is 376 g/mol. The molecule has 0 radical (unpaired) electrons. The molecule has 0 aliphatic rings. The molecule has 0 bridgehead atoms. The van der Waals surface area contributed by atoms with Crippen molar-refractivity contribution < 1.29 is 19.1 Å². The van der Waals surface area contributed by atoms with Crippen LogP contribution in [0.25, 0.3) is 10.8 Å². The van der Waals surface area contributed by atoms with Crippen LogP contribution in [-0.4, -0.2) is 23.8 Å². The Labute approximate surface area is 162 Å². The molecule has 3 aromatic rings. The maximum atomic E-state index is 12.6. The fourth-order valence-electron chi connectivity index (χ4n) is 3.02. The van der Waals surface area contributed by atoms with Crippen LogP contribution < -0.4 is 15.8 Å². The highest BCUT2D eigenvalue weighted by molar-refractivity contribution is 5.98. The number of amides is 2. The zero-order chi connectivity index (χ0) is 20.1. The third-order valence-corrected chi connectivity index (χ3v) is 4.31. The highest BCUT2D eigenvalue weighted by atomic mass is 16.5. The molecule has 0 spiro atoms. The number of nitrogens with one attached hydrogen (secondary N) is 1. The van der Waals surface area contributed by atoms with E-state index >= 15 is 0 Å². The van der Waals surface area contributed by atoms with Crippen molar-refractivity contribution in [3.8, 4) is 5.75 Å². The van der Waals surface area contributed by atoms with Crippen molar-refractivity contribution in [2.75, 3.05) is 0 Å². The van der Waals surface area contributed by atoms with Gasteiger partial charge in [0.05, 0.1) is 0 Å². The van der Waals surface area contributed by atoms with Crippen molar-refractivity contribution in [1.82, 2.24) is 5.32 Å². The van der Waals surface area contributed by atoms with Crippen molar-refractivity contribution in [2.24, 2.45) is 5.73 Å². The lowest BCUT2D eigenvalue weighted by Crippen LogP contribution is -2.45. The summed E-state index contributed by atoms with van der Waals surface area (Å²) in [6, 6.07) is 18.9. The van der Waals surface area contributed by atoms with Crippen LogP contribution in [0.1, 0.15) is 22.8 Å². The van der Waals surface area contributed by atoms with E-state index in [1.165, 1.54) is 13.0 Å². The van der Waals surface area contributed by atoms with Crippen LogP contribution in [0.15, 0.2) is 66.7 Å². The molecule has 3 N–H and O–H groups in total. The van der Waals surface area contributed by atoms with Gasteiger partial charge in [0, 0.05) is 18.9 Å². The summed E-state index contributed by atoms with van der Waals surface area (Å²) in [5.41, 5.74) is 6.71. The van der Waals surface area contributed by atoms with Gasteiger partial charge in [0.2, 0.25) is 5.91 Å². The predicted molar refractivity (Wildman–Crippen MR) is 106 cm³/mol. The lowest BCUT2D eigenvalue weighted by Gasteiger charge is -2.17. The second-order valence-electron chi connectivity index (χ2n) is 6.39. The number of nitrogens with two attached hydrogens (primary N) is 1. The lowest BCUT2D eigenvalue weighted by atomic mass is 9.98. The van der Waals surface area contributed by atoms with E-state index in [-0.39, 0.29) is 17.7 Å². The quantitative estimate of drug-likeness (QED) is 0.510. The summed E-state index contributed by atoms with van der Waals surface area (Å²) in [5.74, 6) is -1.33. The van der Waals surface area contributed by atoms with Crippen LogP contribution in [0.4, 0.5) is 0 Å². The number of hydrogen-bond donors (Lipinski definition) is 2. The van der Waals surface area contributed by atoms with Gasteiger partial charge in [0.1, 0.15) is 11.8 Å². The summed E-state index contributed by atoms with van der Waals surface area (Å²) >= 11 is 0. The number of esters is 1. The van der Waals surface area contributed by atoms with E-state index in [4.69, 9.17) is 10.5 Å². The summed E-state index contributed by atoms with van der Waals surface area (Å²) in [4.78, 5) is 35.6. The van der Waals surface area contributed by atoms with Gasteiger partial charge in [-0.3, -0.25) is 14.4 Å². The fourth-order valence-corrected chi connectivity index (χ4v) is 3.02. The van der Waals surface area contributed by atoms with Gasteiger partial charge < -0.3 is 15.8 Å². The number of rotatable bonds is 6. The fraction of sp³-hybridized carbons (Fsp3) is 0.136. The second-order valence-corrected chi connectivity index (χ2v) is 6.39. The molecule has 0 aliphatic carbocycles. The van der Waals surface area contributed by atoms with Gasteiger partial charge in [-0.05, 0) is 34.5 Å². The molecular formula is C22H20N2O4. The number of carbonyl (C=O) groups excluding carboxylic acids is 3. The van der Waals surface area contributed by atoms with Crippen molar-refractivity contribution >= 4 is 28.6 Å². The highest BCUT2D eigenvalue weighted by Crippen LogP contribution is 2.20. The van der Waals surface area contributed by atoms with E-state index in [0.29, 0.717) is 0 Å². The Balaban J connectivity index is 1.80. The average molecular weight is 376 g/mol. The van der Waals surface area contributed by atoms with E-state index in [2.05, 4.69) is 5.32 Å². The molecule has 3 rings (SSSR count). The van der Waals surface area contributed by atoms with Crippen LogP contribution in [0.3, 0.4) is 0 Å². The maximum absolute atomic E-state index is 12.6. The molecule has 0 saturated carbocycles. The number of hydrogen-bond acceptors (Lipinski definition) is 4. The van der Waals surface area contributed by atoms with E-state index in [0.717, 1.165) is 16.3 Å². The van der Waals surface area contributed by atoms with Gasteiger partial charge >= 0.3 is 5.97 Å². The molecule has 6 heteroatoms. The largest absolute Gasteiger partial charge is 0.427 e. The number of fused-ring (bicyclic) bond motifs is 1. The van der Waals surface area contributed by atoms with Gasteiger partial charge in [-0.25, -0.2) is 0 Å². The van der Waals surface area contributed by atoms with Crippen LogP contribution >= 0.6 is 0 Å². The molecule has 0 aromatic heterocycles. The standard InChI is InChI=1S/C22H20N2O4/c1-14(25)28-18-10-5-9-17(12-18)22(27)24-20(21(23)26)13-16-8-4-7-15-6-2-3-11-19(15)16/h2-12,20H,13H2,1H3,(H2,23,26)(H,24,27)/t20-/m1/s1. The smallest absolute Gasteiger partial charge is 0.308 e. The van der Waals surface area contributed by atoms with Crippen molar-refractivity contribution in [1.29, 1.82) is 0 Å². The third kappa shape index (κ3) is 4.54. The summed E-state index contributed by atoms with van der Waals surface area (Å²) in [6.07, 6.45) is 0.270. The number of ether oxygens (including phenoxy) is 1. The molecule has 3 aromatic carbocycles. The third-order valence-electron chi connectivity index (χ3n) is 4.31. The van der Waals surface area contributed by atoms with Crippen molar-refractivity contribution in [2.45, 2.75) is 19.4 Å². The Hall–Kier alpha value is -3.67. The number of primary amides is 1. The first kappa shape index (κ1) is 19.1. The highest BCUT2D eigenvalue weighted by Gasteiger charge is 2.20. The van der Waals surface area contributed by atoms with E-state index < -0.39 is 23.8 Å². The molecule has 28 heavy (non-hydrogen) atoms. The second kappa shape index (κ2) is 8.35. The van der Waals surface area contributed by atoms with Crippen molar-refractivity contribution in [3.05, 3.63) is 77.9 Å². The van der Waals surface area contributed by atoms with Crippen molar-refractivity contribution in [3.63, 3.8) is 0 Å². The molecule has 0 aliphatic heterocycles. The molecule has 0 fully saturated rings. The first-order valence-electron chi connectivity index (χ1n) is 8.79. The molecule has 0 saturated heterocycles. The van der Waals surface area contributed by atoms with Gasteiger partial charge in [-0.15, -0.1) is 0 Å². The Morgan fingerprint density at radius 1 is 1.00 bits per heavy atom. The van der Waals surface area contributed by atoms with Crippen LogP contribution in [0.5, 0.6) is 5.75 Å². The average Bonchev–Trinajstić information content (AvgIpc) is 2.67. The maximum Gasteiger partial charge on any atom is 0.308 e. The zero-order valence-corrected chi connectivity index (χ0v) is 15.3. The molecule has 2 amide bonds. The van der Waals surface area contributed by atoms with Crippen LogP contribution in [-0.2, 0) is 16.0 Å². The molecule has 142 valence electrons. The first-order chi connectivity index (χ1) is 13.4. The molecule has 0 heterocycles. The van der Waals surface area contributed by atoms with Gasteiger partial charge in [0.25, 0.3) is 5.91 Å². The minimum absolute atomic E-state index is 0.254. The Bertz CT molecular complexity index is 1040. The summed E-state index contributed by atoms with van der Waals surface area (Å²) in [6.45, 7) is 1.28. The minimum atomic E-state index is -0.879. The Morgan fingerprint density at radius 3 is 2.46 bits per heavy atom. The Morgan fingerprint density at radius 2 is 1.71 bits per heavy atom. The number of benzene rings is 3. The predicted octanol–water partition coefficient (Wildman–Crippen LogP) is 2.59. The van der Waals surface area contributed by atoms with E-state index in [1.807, 2.05) is 42.5 Å². The summed E-state index contributed by atoms with van der Waals surface area (Å²) in [5, 5.41) is 4.72. The zero-order valence-electron chi connectivity index (χ0n) is 15.3. The summed E-state index contributed by atoms with van der Waals surface area (Å²) < 4.78 is 4.99.